The summed E-state index contributed by atoms with van der Waals surface area (Å²) in [7, 11) is 0. The summed E-state index contributed by atoms with van der Waals surface area (Å²) < 4.78 is 13.5. The van der Waals surface area contributed by atoms with Crippen molar-refractivity contribution < 1.29 is 14.3 Å². The number of nitrogens with one attached hydrogen (secondary N) is 1. The van der Waals surface area contributed by atoms with E-state index in [1.165, 1.54) is 0 Å². The summed E-state index contributed by atoms with van der Waals surface area (Å²) in [5, 5.41) is 4.59. The van der Waals surface area contributed by atoms with E-state index in [2.05, 4.69) is 21.7 Å². The van der Waals surface area contributed by atoms with Gasteiger partial charge in [0.2, 0.25) is 0 Å². The zero-order chi connectivity index (χ0) is 18.8. The van der Waals surface area contributed by atoms with E-state index in [-0.39, 0.29) is 12.0 Å². The van der Waals surface area contributed by atoms with Gasteiger partial charge in [-0.15, -0.1) is 0 Å². The third kappa shape index (κ3) is 3.79. The van der Waals surface area contributed by atoms with Gasteiger partial charge in [0.1, 0.15) is 17.5 Å². The Bertz CT molecular complexity index is 829. The number of halogens is 1. The molecule has 3 heterocycles. The number of hydrogen-bond acceptors (Lipinski definition) is 4. The molecule has 0 unspecified atom stereocenters. The number of aromatic nitrogens is 1. The smallest absolute Gasteiger partial charge is 0.267 e. The van der Waals surface area contributed by atoms with Crippen LogP contribution in [-0.4, -0.2) is 60.9 Å². The van der Waals surface area contributed by atoms with Gasteiger partial charge in [-0.2, -0.15) is 0 Å². The van der Waals surface area contributed by atoms with Gasteiger partial charge in [0.25, 0.3) is 5.91 Å². The molecule has 0 spiro atoms. The second-order valence-corrected chi connectivity index (χ2v) is 7.57. The average Bonchev–Trinajstić information content (AvgIpc) is 3.09. The first-order valence-electron chi connectivity index (χ1n) is 9.74. The molecule has 27 heavy (non-hydrogen) atoms. The van der Waals surface area contributed by atoms with Crippen LogP contribution >= 0.6 is 11.6 Å². The third-order valence-corrected chi connectivity index (χ3v) is 5.71. The van der Waals surface area contributed by atoms with E-state index >= 15 is 0 Å². The van der Waals surface area contributed by atoms with Gasteiger partial charge in [-0.25, -0.2) is 0 Å². The molecule has 1 fully saturated rings. The van der Waals surface area contributed by atoms with E-state index < -0.39 is 0 Å². The lowest BCUT2D eigenvalue weighted by atomic mass is 10.2. The number of rotatable bonds is 6. The Morgan fingerprint density at radius 3 is 2.93 bits per heavy atom. The summed E-state index contributed by atoms with van der Waals surface area (Å²) in [5.41, 5.74) is 1.58. The molecule has 0 aliphatic carbocycles. The van der Waals surface area contributed by atoms with Crippen LogP contribution in [0.25, 0.3) is 10.9 Å². The van der Waals surface area contributed by atoms with Gasteiger partial charge >= 0.3 is 0 Å². The monoisotopic (exact) mass is 391 g/mol. The van der Waals surface area contributed by atoms with Crippen LogP contribution in [0.3, 0.4) is 0 Å². The maximum atomic E-state index is 12.8. The zero-order valence-corrected chi connectivity index (χ0v) is 16.4. The highest BCUT2D eigenvalue weighted by Crippen LogP contribution is 2.38. The van der Waals surface area contributed by atoms with E-state index in [1.54, 1.807) is 0 Å². The van der Waals surface area contributed by atoms with Gasteiger partial charge in [-0.3, -0.25) is 9.69 Å². The Labute approximate surface area is 164 Å². The number of morpholine rings is 1. The molecule has 2 aliphatic heterocycles. The first kappa shape index (κ1) is 18.6. The topological polar surface area (TPSA) is 55.7 Å². The van der Waals surface area contributed by atoms with Gasteiger partial charge in [-0.1, -0.05) is 18.5 Å². The molecule has 1 aromatic heterocycles. The molecular weight excluding hydrogens is 366 g/mol. The van der Waals surface area contributed by atoms with Crippen molar-refractivity contribution in [3.8, 4) is 5.75 Å². The van der Waals surface area contributed by atoms with Crippen molar-refractivity contribution in [2.24, 2.45) is 0 Å². The Morgan fingerprint density at radius 2 is 2.15 bits per heavy atom. The normalized spacial score (nSPS) is 19.9. The standard InChI is InChI=1S/C20H26ClN3O3/c1-2-14-13-24-17(12-15-16(21)4-5-18(27-14)19(15)24)20(25)22-6-3-7-23-8-10-26-11-9-23/h4-5,12,14H,2-3,6-11,13H2,1H3,(H,22,25)/t14-/m1/s1. The SMILES string of the molecule is CC[C@@H]1Cn2c(C(=O)NCCCN3CCOCC3)cc3c(Cl)ccc(c32)O1. The summed E-state index contributed by atoms with van der Waals surface area (Å²) in [4.78, 5) is 15.2. The van der Waals surface area contributed by atoms with E-state index in [0.29, 0.717) is 23.8 Å². The lowest BCUT2D eigenvalue weighted by molar-refractivity contribution is 0.0374. The first-order chi connectivity index (χ1) is 13.2. The summed E-state index contributed by atoms with van der Waals surface area (Å²) in [6.45, 7) is 7.96. The first-order valence-corrected chi connectivity index (χ1v) is 10.1. The molecule has 146 valence electrons. The Kier molecular flexibility index (Phi) is 5.57. The Hall–Kier alpha value is -1.76. The summed E-state index contributed by atoms with van der Waals surface area (Å²) >= 11 is 6.37. The summed E-state index contributed by atoms with van der Waals surface area (Å²) in [6, 6.07) is 5.62. The minimum absolute atomic E-state index is 0.0491. The minimum atomic E-state index is -0.0491. The van der Waals surface area contributed by atoms with Crippen LogP contribution in [0.4, 0.5) is 0 Å². The maximum Gasteiger partial charge on any atom is 0.267 e. The second-order valence-electron chi connectivity index (χ2n) is 7.16. The molecule has 0 radical (unpaired) electrons. The predicted molar refractivity (Wildman–Crippen MR) is 106 cm³/mol. The van der Waals surface area contributed by atoms with Crippen molar-refractivity contribution >= 4 is 28.4 Å². The molecule has 0 bridgehead atoms. The molecule has 1 saturated heterocycles. The molecular formula is C20H26ClN3O3. The number of carbonyl (C=O) groups excluding carboxylic acids is 1. The van der Waals surface area contributed by atoms with Crippen molar-refractivity contribution in [3.05, 3.63) is 28.9 Å². The fourth-order valence-corrected chi connectivity index (χ4v) is 4.05. The van der Waals surface area contributed by atoms with Gasteiger partial charge in [0, 0.05) is 25.0 Å². The van der Waals surface area contributed by atoms with Crippen LogP contribution in [0.5, 0.6) is 5.75 Å². The highest BCUT2D eigenvalue weighted by Gasteiger charge is 2.26. The van der Waals surface area contributed by atoms with Crippen molar-refractivity contribution in [1.29, 1.82) is 0 Å². The van der Waals surface area contributed by atoms with Crippen molar-refractivity contribution in [2.45, 2.75) is 32.4 Å². The molecule has 4 rings (SSSR count). The van der Waals surface area contributed by atoms with Crippen LogP contribution in [0, 0.1) is 0 Å². The number of amides is 1. The predicted octanol–water partition coefficient (Wildman–Crippen LogP) is 2.92. The quantitative estimate of drug-likeness (QED) is 0.769. The molecule has 1 aromatic carbocycles. The number of hydrogen-bond donors (Lipinski definition) is 1. The molecule has 2 aromatic rings. The molecule has 6 nitrogen and oxygen atoms in total. The Morgan fingerprint density at radius 1 is 1.33 bits per heavy atom. The molecule has 1 atom stereocenters. The summed E-state index contributed by atoms with van der Waals surface area (Å²) in [6.07, 6.45) is 1.89. The molecule has 0 saturated carbocycles. The van der Waals surface area contributed by atoms with E-state index in [9.17, 15) is 4.79 Å². The van der Waals surface area contributed by atoms with Gasteiger partial charge in [-0.05, 0) is 37.6 Å². The van der Waals surface area contributed by atoms with E-state index in [1.807, 2.05) is 18.2 Å². The lowest BCUT2D eigenvalue weighted by Crippen LogP contribution is -2.38. The molecule has 2 aliphatic rings. The highest BCUT2D eigenvalue weighted by atomic mass is 35.5. The van der Waals surface area contributed by atoms with E-state index in [4.69, 9.17) is 21.1 Å². The third-order valence-electron chi connectivity index (χ3n) is 5.38. The second kappa shape index (κ2) is 8.09. The van der Waals surface area contributed by atoms with Crippen LogP contribution in [-0.2, 0) is 11.3 Å². The van der Waals surface area contributed by atoms with Gasteiger partial charge in [0.05, 0.1) is 30.3 Å². The van der Waals surface area contributed by atoms with Crippen molar-refractivity contribution in [2.75, 3.05) is 39.4 Å². The van der Waals surface area contributed by atoms with Gasteiger partial charge in [0.15, 0.2) is 0 Å². The van der Waals surface area contributed by atoms with E-state index in [0.717, 1.165) is 62.3 Å². The lowest BCUT2D eigenvalue weighted by Gasteiger charge is -2.27. The molecule has 1 amide bonds. The summed E-state index contributed by atoms with van der Waals surface area (Å²) in [5.74, 6) is 0.755. The van der Waals surface area contributed by atoms with Crippen LogP contribution in [0.2, 0.25) is 5.02 Å². The van der Waals surface area contributed by atoms with Crippen LogP contribution in [0.1, 0.15) is 30.3 Å². The molecule has 1 N–H and O–H groups in total. The number of carbonyl (C=O) groups is 1. The van der Waals surface area contributed by atoms with Crippen LogP contribution in [0.15, 0.2) is 18.2 Å². The number of benzene rings is 1. The fourth-order valence-electron chi connectivity index (χ4n) is 3.84. The number of nitrogens with zero attached hydrogens (tertiary/aromatic N) is 2. The largest absolute Gasteiger partial charge is 0.486 e. The molecule has 7 heteroatoms. The minimum Gasteiger partial charge on any atom is -0.486 e. The highest BCUT2D eigenvalue weighted by molar-refractivity contribution is 6.36. The van der Waals surface area contributed by atoms with Crippen molar-refractivity contribution in [1.82, 2.24) is 14.8 Å². The average molecular weight is 392 g/mol. The Balaban J connectivity index is 1.46. The zero-order valence-electron chi connectivity index (χ0n) is 15.7. The van der Waals surface area contributed by atoms with Gasteiger partial charge < -0.3 is 19.4 Å². The fraction of sp³-hybridized carbons (Fsp3) is 0.550. The number of ether oxygens (including phenoxy) is 2. The maximum absolute atomic E-state index is 12.8. The van der Waals surface area contributed by atoms with Crippen LogP contribution < -0.4 is 10.1 Å². The van der Waals surface area contributed by atoms with Crippen molar-refractivity contribution in [3.63, 3.8) is 0 Å².